The number of nitrogens with one attached hydrogen (secondary N) is 3. The minimum atomic E-state index is -0.225. The largest absolute Gasteiger partial charge is 0.376 e. The first-order valence-electron chi connectivity index (χ1n) is 11.7. The molecule has 7 heteroatoms. The highest BCUT2D eigenvalue weighted by atomic mass is 16.2. The lowest BCUT2D eigenvalue weighted by Gasteiger charge is -2.21. The van der Waals surface area contributed by atoms with E-state index in [1.807, 2.05) is 18.7 Å². The van der Waals surface area contributed by atoms with E-state index in [1.165, 1.54) is 0 Å². The number of benzene rings is 2. The van der Waals surface area contributed by atoms with Gasteiger partial charge in [-0.1, -0.05) is 26.8 Å². The van der Waals surface area contributed by atoms with Crippen LogP contribution in [0.3, 0.4) is 0 Å². The van der Waals surface area contributed by atoms with Crippen LogP contribution >= 0.6 is 0 Å². The maximum atomic E-state index is 12.8. The Balaban J connectivity index is 1.91. The van der Waals surface area contributed by atoms with Gasteiger partial charge in [0.15, 0.2) is 0 Å². The lowest BCUT2D eigenvalue weighted by Crippen LogP contribution is -2.32. The normalized spacial score (nSPS) is 11.4. The minimum absolute atomic E-state index is 0.0228. The molecule has 2 aromatic carbocycles. The Kier molecular flexibility index (Phi) is 10.4. The Morgan fingerprint density at radius 1 is 0.879 bits per heavy atom. The molecule has 0 aliphatic carbocycles. The van der Waals surface area contributed by atoms with Gasteiger partial charge in [-0.25, -0.2) is 0 Å². The van der Waals surface area contributed by atoms with E-state index in [0.29, 0.717) is 29.9 Å². The third-order valence-electron chi connectivity index (χ3n) is 5.26. The first-order chi connectivity index (χ1) is 15.9. The van der Waals surface area contributed by atoms with E-state index in [0.717, 1.165) is 24.9 Å². The van der Waals surface area contributed by atoms with Gasteiger partial charge in [-0.2, -0.15) is 0 Å². The molecule has 0 saturated heterocycles. The minimum Gasteiger partial charge on any atom is -0.376 e. The highest BCUT2D eigenvalue weighted by Crippen LogP contribution is 2.14. The molecule has 178 valence electrons. The van der Waals surface area contributed by atoms with Gasteiger partial charge in [-0.05, 0) is 68.7 Å². The number of nitrogens with zero attached hydrogens (tertiary/aromatic N) is 1. The summed E-state index contributed by atoms with van der Waals surface area (Å²) in [6, 6.07) is 14.1. The van der Waals surface area contributed by atoms with Crippen LogP contribution < -0.4 is 16.0 Å². The molecule has 0 aliphatic heterocycles. The lowest BCUT2D eigenvalue weighted by atomic mass is 10.1. The van der Waals surface area contributed by atoms with Gasteiger partial charge in [-0.15, -0.1) is 0 Å². The van der Waals surface area contributed by atoms with Crippen molar-refractivity contribution in [1.82, 2.24) is 10.2 Å². The smallest absolute Gasteiger partial charge is 0.253 e. The predicted molar refractivity (Wildman–Crippen MR) is 134 cm³/mol. The molecule has 33 heavy (non-hydrogen) atoms. The summed E-state index contributed by atoms with van der Waals surface area (Å²) >= 11 is 0. The number of rotatable bonds is 12. The average Bonchev–Trinajstić information content (AvgIpc) is 2.82. The number of anilines is 2. The van der Waals surface area contributed by atoms with E-state index in [4.69, 9.17) is 0 Å². The first kappa shape index (κ1) is 25.9. The molecule has 0 saturated carbocycles. The number of hydrogen-bond donors (Lipinski definition) is 3. The summed E-state index contributed by atoms with van der Waals surface area (Å²) in [6.07, 6.45) is 2.67. The molecule has 1 atom stereocenters. The van der Waals surface area contributed by atoms with Crippen molar-refractivity contribution in [2.24, 2.45) is 0 Å². The van der Waals surface area contributed by atoms with Gasteiger partial charge in [0, 0.05) is 41.6 Å². The van der Waals surface area contributed by atoms with Crippen LogP contribution in [0.4, 0.5) is 11.4 Å². The molecule has 0 aromatic heterocycles. The fraction of sp³-hybridized carbons (Fsp3) is 0.423. The second kappa shape index (κ2) is 13.3. The topological polar surface area (TPSA) is 90.5 Å². The van der Waals surface area contributed by atoms with Crippen molar-refractivity contribution >= 4 is 29.1 Å². The molecule has 0 aliphatic rings. The van der Waals surface area contributed by atoms with Gasteiger partial charge in [-0.3, -0.25) is 14.4 Å². The van der Waals surface area contributed by atoms with Gasteiger partial charge < -0.3 is 20.9 Å². The Labute approximate surface area is 196 Å². The lowest BCUT2D eigenvalue weighted by molar-refractivity contribution is -0.114. The summed E-state index contributed by atoms with van der Waals surface area (Å²) in [6.45, 7) is 9.57. The third kappa shape index (κ3) is 8.25. The maximum absolute atomic E-state index is 12.8. The van der Waals surface area contributed by atoms with Gasteiger partial charge in [0.05, 0.1) is 6.54 Å². The monoisotopic (exact) mass is 452 g/mol. The quantitative estimate of drug-likeness (QED) is 0.441. The number of amides is 3. The first-order valence-corrected chi connectivity index (χ1v) is 11.7. The van der Waals surface area contributed by atoms with Gasteiger partial charge in [0.25, 0.3) is 11.8 Å². The Morgan fingerprint density at radius 3 is 2.15 bits per heavy atom. The second-order valence-corrected chi connectivity index (χ2v) is 8.13. The van der Waals surface area contributed by atoms with Crippen molar-refractivity contribution in [2.45, 2.75) is 53.0 Å². The van der Waals surface area contributed by atoms with Crippen LogP contribution in [0.25, 0.3) is 0 Å². The number of hydrogen-bond acceptors (Lipinski definition) is 4. The van der Waals surface area contributed by atoms with Gasteiger partial charge in [0.1, 0.15) is 0 Å². The summed E-state index contributed by atoms with van der Waals surface area (Å²) in [5.74, 6) is -0.359. The number of carbonyl (C=O) groups excluding carboxylic acids is 3. The van der Waals surface area contributed by atoms with E-state index < -0.39 is 0 Å². The molecule has 0 spiro atoms. The zero-order valence-electron chi connectivity index (χ0n) is 20.1. The predicted octanol–water partition coefficient (Wildman–Crippen LogP) is 4.53. The molecule has 0 heterocycles. The Bertz CT molecular complexity index is 921. The standard InChI is InChI=1S/C26H36N4O3/c1-5-15-30(16-6-2)26(33)21-9-8-10-23(17-21)29-24(31)18-27-22-13-11-20(12-14-22)25(32)28-19(4)7-3/h8-14,17,19,27H,5-7,15-16,18H2,1-4H3,(H,28,32)(H,29,31). The van der Waals surface area contributed by atoms with Crippen LogP contribution in [-0.4, -0.2) is 48.3 Å². The average molecular weight is 453 g/mol. The zero-order valence-corrected chi connectivity index (χ0v) is 20.1. The van der Waals surface area contributed by atoms with E-state index in [-0.39, 0.29) is 30.3 Å². The van der Waals surface area contributed by atoms with Crippen LogP contribution in [0.5, 0.6) is 0 Å². The molecular formula is C26H36N4O3. The molecular weight excluding hydrogens is 416 g/mol. The van der Waals surface area contributed by atoms with Gasteiger partial charge >= 0.3 is 0 Å². The Morgan fingerprint density at radius 2 is 1.55 bits per heavy atom. The van der Waals surface area contributed by atoms with E-state index in [1.54, 1.807) is 48.5 Å². The molecule has 1 unspecified atom stereocenters. The molecule has 0 fully saturated rings. The molecule has 2 rings (SSSR count). The van der Waals surface area contributed by atoms with Crippen LogP contribution in [0.15, 0.2) is 48.5 Å². The van der Waals surface area contributed by atoms with Crippen LogP contribution in [0, 0.1) is 0 Å². The SMILES string of the molecule is CCCN(CCC)C(=O)c1cccc(NC(=O)CNc2ccc(C(=O)NC(C)CC)cc2)c1. The van der Waals surface area contributed by atoms with E-state index in [9.17, 15) is 14.4 Å². The molecule has 0 radical (unpaired) electrons. The van der Waals surface area contributed by atoms with Crippen molar-refractivity contribution in [3.05, 3.63) is 59.7 Å². The highest BCUT2D eigenvalue weighted by molar-refractivity contribution is 5.98. The molecule has 0 bridgehead atoms. The number of carbonyl (C=O) groups is 3. The van der Waals surface area contributed by atoms with Crippen molar-refractivity contribution < 1.29 is 14.4 Å². The zero-order chi connectivity index (χ0) is 24.2. The van der Waals surface area contributed by atoms with Crippen LogP contribution in [0.2, 0.25) is 0 Å². The highest BCUT2D eigenvalue weighted by Gasteiger charge is 2.15. The molecule has 3 N–H and O–H groups in total. The second-order valence-electron chi connectivity index (χ2n) is 8.13. The molecule has 2 aromatic rings. The summed E-state index contributed by atoms with van der Waals surface area (Å²) < 4.78 is 0. The molecule has 3 amide bonds. The van der Waals surface area contributed by atoms with Gasteiger partial charge in [0.2, 0.25) is 5.91 Å². The van der Waals surface area contributed by atoms with Crippen molar-refractivity contribution in [1.29, 1.82) is 0 Å². The summed E-state index contributed by atoms with van der Waals surface area (Å²) in [5.41, 5.74) is 2.46. The fourth-order valence-electron chi connectivity index (χ4n) is 3.30. The van der Waals surface area contributed by atoms with E-state index in [2.05, 4.69) is 29.8 Å². The summed E-state index contributed by atoms with van der Waals surface area (Å²) in [4.78, 5) is 39.2. The maximum Gasteiger partial charge on any atom is 0.253 e. The van der Waals surface area contributed by atoms with E-state index >= 15 is 0 Å². The van der Waals surface area contributed by atoms with Crippen LogP contribution in [0.1, 0.15) is 67.7 Å². The third-order valence-corrected chi connectivity index (χ3v) is 5.26. The van der Waals surface area contributed by atoms with Crippen molar-refractivity contribution in [2.75, 3.05) is 30.3 Å². The fourth-order valence-corrected chi connectivity index (χ4v) is 3.30. The summed E-state index contributed by atoms with van der Waals surface area (Å²) in [5, 5.41) is 8.81. The van der Waals surface area contributed by atoms with Crippen LogP contribution in [-0.2, 0) is 4.79 Å². The van der Waals surface area contributed by atoms with Crippen molar-refractivity contribution in [3.8, 4) is 0 Å². The summed E-state index contributed by atoms with van der Waals surface area (Å²) in [7, 11) is 0. The van der Waals surface area contributed by atoms with Crippen molar-refractivity contribution in [3.63, 3.8) is 0 Å². The Hall–Kier alpha value is -3.35. The molecule has 7 nitrogen and oxygen atoms in total.